The monoisotopic (exact) mass is 269 g/mol. The minimum Gasteiger partial charge on any atom is -0.493 e. The van der Waals surface area contributed by atoms with Crippen molar-refractivity contribution in [1.82, 2.24) is 5.48 Å². The van der Waals surface area contributed by atoms with Crippen LogP contribution >= 0.6 is 15.9 Å². The van der Waals surface area contributed by atoms with Crippen LogP contribution in [0.3, 0.4) is 0 Å². The number of hydrogen-bond acceptors (Lipinski definition) is 3. The van der Waals surface area contributed by atoms with E-state index < -0.39 is 0 Å². The first-order valence-corrected chi connectivity index (χ1v) is 5.61. The van der Waals surface area contributed by atoms with Crippen molar-refractivity contribution in [3.8, 4) is 5.75 Å². The van der Waals surface area contributed by atoms with E-state index in [1.54, 1.807) is 0 Å². The number of ether oxygens (including phenoxy) is 1. The number of para-hydroxylation sites is 1. The summed E-state index contributed by atoms with van der Waals surface area (Å²) in [5.74, 6) is 0.895. The second-order valence-corrected chi connectivity index (χ2v) is 4.08. The molecule has 15 heavy (non-hydrogen) atoms. The van der Waals surface area contributed by atoms with Gasteiger partial charge in [0.25, 0.3) is 0 Å². The smallest absolute Gasteiger partial charge is 0.119 e. The van der Waals surface area contributed by atoms with Crippen molar-refractivity contribution in [2.75, 3.05) is 6.61 Å². The van der Waals surface area contributed by atoms with E-state index in [0.717, 1.165) is 16.8 Å². The van der Waals surface area contributed by atoms with E-state index in [1.807, 2.05) is 36.4 Å². The first kappa shape index (κ1) is 10.5. The van der Waals surface area contributed by atoms with Gasteiger partial charge in [0.1, 0.15) is 16.5 Å². The molecule has 0 unspecified atom stereocenters. The third-order valence-corrected chi connectivity index (χ3v) is 2.48. The van der Waals surface area contributed by atoms with Crippen LogP contribution < -0.4 is 10.2 Å². The van der Waals surface area contributed by atoms with Crippen molar-refractivity contribution < 1.29 is 9.57 Å². The van der Waals surface area contributed by atoms with Crippen LogP contribution in [-0.4, -0.2) is 12.7 Å². The molecule has 1 aliphatic rings. The molecular formula is C11H12BrNO2. The Morgan fingerprint density at radius 3 is 2.80 bits per heavy atom. The van der Waals surface area contributed by atoms with Gasteiger partial charge in [-0.1, -0.05) is 18.2 Å². The number of halogens is 1. The minimum absolute atomic E-state index is 0.0862. The molecule has 80 valence electrons. The zero-order valence-electron chi connectivity index (χ0n) is 8.15. The van der Waals surface area contributed by atoms with Gasteiger partial charge in [-0.15, -0.1) is 0 Å². The predicted octanol–water partition coefficient (Wildman–Crippen LogP) is 2.60. The van der Waals surface area contributed by atoms with Crippen LogP contribution in [0.5, 0.6) is 5.75 Å². The topological polar surface area (TPSA) is 30.5 Å². The fraction of sp³-hybridized carbons (Fsp3) is 0.273. The van der Waals surface area contributed by atoms with Crippen LogP contribution in [0.15, 0.2) is 41.0 Å². The SMILES string of the molecule is BrC1=C[C@@H](CCOc2ccccc2)ON1. The molecule has 0 fully saturated rings. The average molecular weight is 270 g/mol. The summed E-state index contributed by atoms with van der Waals surface area (Å²) in [6.45, 7) is 0.646. The van der Waals surface area contributed by atoms with Gasteiger partial charge in [0.15, 0.2) is 0 Å². The van der Waals surface area contributed by atoms with Gasteiger partial charge >= 0.3 is 0 Å². The highest BCUT2D eigenvalue weighted by Gasteiger charge is 2.14. The molecule has 1 atom stereocenters. The zero-order chi connectivity index (χ0) is 10.5. The van der Waals surface area contributed by atoms with E-state index in [1.165, 1.54) is 0 Å². The summed E-state index contributed by atoms with van der Waals surface area (Å²) in [6.07, 6.45) is 2.90. The predicted molar refractivity (Wildman–Crippen MR) is 61.6 cm³/mol. The first-order valence-electron chi connectivity index (χ1n) is 4.81. The Balaban J connectivity index is 1.72. The van der Waals surface area contributed by atoms with Gasteiger partial charge < -0.3 is 4.74 Å². The molecule has 0 radical (unpaired) electrons. The van der Waals surface area contributed by atoms with Crippen molar-refractivity contribution in [3.05, 3.63) is 41.0 Å². The lowest BCUT2D eigenvalue weighted by Crippen LogP contribution is -2.14. The van der Waals surface area contributed by atoms with Crippen LogP contribution in [0.25, 0.3) is 0 Å². The highest BCUT2D eigenvalue weighted by atomic mass is 79.9. The van der Waals surface area contributed by atoms with Gasteiger partial charge in [0, 0.05) is 6.42 Å². The Morgan fingerprint density at radius 2 is 2.13 bits per heavy atom. The molecule has 1 heterocycles. The van der Waals surface area contributed by atoms with Crippen molar-refractivity contribution in [2.45, 2.75) is 12.5 Å². The van der Waals surface area contributed by atoms with Gasteiger partial charge in [-0.05, 0) is 34.1 Å². The molecule has 2 rings (SSSR count). The molecule has 1 aromatic carbocycles. The van der Waals surface area contributed by atoms with Crippen LogP contribution in [0.1, 0.15) is 6.42 Å². The number of nitrogens with one attached hydrogen (secondary N) is 1. The molecule has 0 saturated carbocycles. The highest BCUT2D eigenvalue weighted by Crippen LogP contribution is 2.15. The Labute approximate surface area is 97.2 Å². The fourth-order valence-corrected chi connectivity index (χ4v) is 1.70. The third-order valence-electron chi connectivity index (χ3n) is 2.05. The highest BCUT2D eigenvalue weighted by molar-refractivity contribution is 9.11. The molecule has 3 nitrogen and oxygen atoms in total. The first-order chi connectivity index (χ1) is 7.34. The van der Waals surface area contributed by atoms with E-state index in [9.17, 15) is 0 Å². The van der Waals surface area contributed by atoms with Crippen molar-refractivity contribution in [3.63, 3.8) is 0 Å². The lowest BCUT2D eigenvalue weighted by molar-refractivity contribution is 0.0343. The molecule has 0 bridgehead atoms. The zero-order valence-corrected chi connectivity index (χ0v) is 9.74. The van der Waals surface area contributed by atoms with Crippen molar-refractivity contribution in [1.29, 1.82) is 0 Å². The van der Waals surface area contributed by atoms with Crippen molar-refractivity contribution >= 4 is 15.9 Å². The van der Waals surface area contributed by atoms with Crippen LogP contribution in [0.2, 0.25) is 0 Å². The molecule has 0 spiro atoms. The summed E-state index contributed by atoms with van der Waals surface area (Å²) in [4.78, 5) is 5.23. The summed E-state index contributed by atoms with van der Waals surface area (Å²) in [7, 11) is 0. The largest absolute Gasteiger partial charge is 0.493 e. The Bertz CT molecular complexity index is 340. The van der Waals surface area contributed by atoms with Crippen LogP contribution in [0, 0.1) is 0 Å². The number of hydrogen-bond donors (Lipinski definition) is 1. The lowest BCUT2D eigenvalue weighted by atomic mass is 10.2. The number of rotatable bonds is 4. The Hall–Kier alpha value is -1.00. The second-order valence-electron chi connectivity index (χ2n) is 3.22. The van der Waals surface area contributed by atoms with Gasteiger partial charge in [0.2, 0.25) is 0 Å². The fourth-order valence-electron chi connectivity index (χ4n) is 1.32. The van der Waals surface area contributed by atoms with Crippen molar-refractivity contribution in [2.24, 2.45) is 0 Å². The van der Waals surface area contributed by atoms with E-state index in [0.29, 0.717) is 6.61 Å². The summed E-state index contributed by atoms with van der Waals surface area (Å²) >= 11 is 3.30. The maximum atomic E-state index is 5.55. The molecule has 0 saturated heterocycles. The maximum Gasteiger partial charge on any atom is 0.119 e. The quantitative estimate of drug-likeness (QED) is 0.853. The Morgan fingerprint density at radius 1 is 1.33 bits per heavy atom. The molecule has 4 heteroatoms. The lowest BCUT2D eigenvalue weighted by Gasteiger charge is -2.08. The molecule has 1 aliphatic heterocycles. The second kappa shape index (κ2) is 5.19. The van der Waals surface area contributed by atoms with E-state index in [2.05, 4.69) is 21.4 Å². The van der Waals surface area contributed by atoms with E-state index >= 15 is 0 Å². The molecular weight excluding hydrogens is 258 g/mol. The van der Waals surface area contributed by atoms with Gasteiger partial charge in [0.05, 0.1) is 6.61 Å². The molecule has 1 aromatic rings. The van der Waals surface area contributed by atoms with Gasteiger partial charge in [-0.25, -0.2) is 0 Å². The van der Waals surface area contributed by atoms with Crippen LogP contribution in [0.4, 0.5) is 0 Å². The number of benzene rings is 1. The third kappa shape index (κ3) is 3.25. The summed E-state index contributed by atoms with van der Waals surface area (Å²) < 4.78 is 6.43. The van der Waals surface area contributed by atoms with Crippen LogP contribution in [-0.2, 0) is 4.84 Å². The number of hydroxylamine groups is 1. The summed E-state index contributed by atoms with van der Waals surface area (Å²) in [5, 5.41) is 0. The van der Waals surface area contributed by atoms with Gasteiger partial charge in [-0.3, -0.25) is 10.3 Å². The maximum absolute atomic E-state index is 5.55. The molecule has 1 N–H and O–H groups in total. The summed E-state index contributed by atoms with van der Waals surface area (Å²) in [6, 6.07) is 9.77. The average Bonchev–Trinajstić information content (AvgIpc) is 2.66. The molecule has 0 aromatic heterocycles. The normalized spacial score (nSPS) is 19.5. The van der Waals surface area contributed by atoms with Gasteiger partial charge in [-0.2, -0.15) is 0 Å². The summed E-state index contributed by atoms with van der Waals surface area (Å²) in [5.41, 5.74) is 2.74. The van der Waals surface area contributed by atoms with E-state index in [-0.39, 0.29) is 6.10 Å². The minimum atomic E-state index is 0.0862. The molecule has 0 aliphatic carbocycles. The Kier molecular flexibility index (Phi) is 3.64. The molecule has 0 amide bonds. The van der Waals surface area contributed by atoms with E-state index in [4.69, 9.17) is 9.57 Å². The standard InChI is InChI=1S/C11H12BrNO2/c12-11-8-10(15-13-11)6-7-14-9-4-2-1-3-5-9/h1-5,8,10,13H,6-7H2/t10-/m1/s1.